The topological polar surface area (TPSA) is 12.5 Å². The van der Waals surface area contributed by atoms with Gasteiger partial charge < -0.3 is 9.64 Å². The number of likely N-dealkylation sites (tertiary alicyclic amines) is 1. The van der Waals surface area contributed by atoms with Crippen LogP contribution < -0.4 is 0 Å². The number of hydrogen-bond donors (Lipinski definition) is 0. The summed E-state index contributed by atoms with van der Waals surface area (Å²) >= 11 is 0. The van der Waals surface area contributed by atoms with Gasteiger partial charge in [-0.15, -0.1) is 6.58 Å². The molecule has 1 fully saturated rings. The Labute approximate surface area is 81.6 Å². The number of hydrogen-bond acceptors (Lipinski definition) is 2. The second-order valence-corrected chi connectivity index (χ2v) is 3.62. The zero-order chi connectivity index (χ0) is 9.36. The lowest BCUT2D eigenvalue weighted by molar-refractivity contribution is 0.154. The van der Waals surface area contributed by atoms with Crippen LogP contribution in [0.3, 0.4) is 0 Å². The van der Waals surface area contributed by atoms with Gasteiger partial charge in [-0.25, -0.2) is 0 Å². The monoisotopic (exact) mass is 183 g/mol. The average Bonchev–Trinajstić information content (AvgIpc) is 2.63. The van der Waals surface area contributed by atoms with Crippen LogP contribution in [0.4, 0.5) is 0 Å². The van der Waals surface area contributed by atoms with E-state index in [0.29, 0.717) is 6.61 Å². The van der Waals surface area contributed by atoms with Crippen LogP contribution in [-0.2, 0) is 4.74 Å². The molecule has 1 aliphatic rings. The van der Waals surface area contributed by atoms with Crippen LogP contribution in [0.1, 0.15) is 25.7 Å². The molecule has 0 N–H and O–H groups in total. The molecule has 2 nitrogen and oxygen atoms in total. The molecule has 0 radical (unpaired) electrons. The van der Waals surface area contributed by atoms with E-state index >= 15 is 0 Å². The van der Waals surface area contributed by atoms with Crippen molar-refractivity contribution in [1.82, 2.24) is 4.90 Å². The average molecular weight is 183 g/mol. The molecule has 0 amide bonds. The number of unbranched alkanes of at least 4 members (excludes halogenated alkanes) is 1. The van der Waals surface area contributed by atoms with Crippen LogP contribution in [0, 0.1) is 0 Å². The SMILES string of the molecule is C=CCOCCCCN1CCCC1. The van der Waals surface area contributed by atoms with Crippen LogP contribution in [0.15, 0.2) is 12.7 Å². The molecule has 1 aliphatic heterocycles. The van der Waals surface area contributed by atoms with E-state index in [-0.39, 0.29) is 0 Å². The lowest BCUT2D eigenvalue weighted by Gasteiger charge is -2.13. The fourth-order valence-electron chi connectivity index (χ4n) is 1.71. The molecule has 0 aromatic carbocycles. The van der Waals surface area contributed by atoms with Crippen molar-refractivity contribution in [2.24, 2.45) is 0 Å². The van der Waals surface area contributed by atoms with Crippen molar-refractivity contribution in [1.29, 1.82) is 0 Å². The van der Waals surface area contributed by atoms with Crippen molar-refractivity contribution in [2.75, 3.05) is 32.8 Å². The van der Waals surface area contributed by atoms with Crippen molar-refractivity contribution in [3.63, 3.8) is 0 Å². The van der Waals surface area contributed by atoms with Crippen LogP contribution >= 0.6 is 0 Å². The number of ether oxygens (including phenoxy) is 1. The predicted molar refractivity (Wildman–Crippen MR) is 55.9 cm³/mol. The fourth-order valence-corrected chi connectivity index (χ4v) is 1.71. The quantitative estimate of drug-likeness (QED) is 0.442. The van der Waals surface area contributed by atoms with E-state index in [1.165, 1.54) is 45.3 Å². The van der Waals surface area contributed by atoms with Crippen LogP contribution in [0.2, 0.25) is 0 Å². The van der Waals surface area contributed by atoms with Crippen molar-refractivity contribution >= 4 is 0 Å². The largest absolute Gasteiger partial charge is 0.377 e. The molecular formula is C11H21NO. The summed E-state index contributed by atoms with van der Waals surface area (Å²) in [7, 11) is 0. The molecule has 0 saturated carbocycles. The van der Waals surface area contributed by atoms with Gasteiger partial charge in [0.25, 0.3) is 0 Å². The van der Waals surface area contributed by atoms with E-state index in [2.05, 4.69) is 11.5 Å². The normalized spacial score (nSPS) is 17.8. The Bertz CT molecular complexity index is 130. The highest BCUT2D eigenvalue weighted by Gasteiger charge is 2.09. The van der Waals surface area contributed by atoms with Gasteiger partial charge in [0.15, 0.2) is 0 Å². The maximum absolute atomic E-state index is 5.31. The van der Waals surface area contributed by atoms with Gasteiger partial charge in [-0.1, -0.05) is 6.08 Å². The highest BCUT2D eigenvalue weighted by Crippen LogP contribution is 2.08. The molecule has 0 atom stereocenters. The van der Waals surface area contributed by atoms with E-state index in [0.717, 1.165) is 6.61 Å². The minimum atomic E-state index is 0.698. The first-order chi connectivity index (χ1) is 6.43. The lowest BCUT2D eigenvalue weighted by Crippen LogP contribution is -2.20. The third kappa shape index (κ3) is 5.06. The molecule has 1 heterocycles. The van der Waals surface area contributed by atoms with Crippen LogP contribution in [-0.4, -0.2) is 37.7 Å². The van der Waals surface area contributed by atoms with Gasteiger partial charge >= 0.3 is 0 Å². The van der Waals surface area contributed by atoms with Gasteiger partial charge in [0.1, 0.15) is 0 Å². The maximum Gasteiger partial charge on any atom is 0.0644 e. The molecule has 0 aromatic heterocycles. The highest BCUT2D eigenvalue weighted by molar-refractivity contribution is 4.66. The summed E-state index contributed by atoms with van der Waals surface area (Å²) in [6.45, 7) is 9.08. The Morgan fingerprint density at radius 3 is 2.69 bits per heavy atom. The molecular weight excluding hydrogens is 162 g/mol. The zero-order valence-corrected chi connectivity index (χ0v) is 8.50. The summed E-state index contributed by atoms with van der Waals surface area (Å²) in [6.07, 6.45) is 7.06. The molecule has 1 saturated heterocycles. The Morgan fingerprint density at radius 1 is 1.23 bits per heavy atom. The van der Waals surface area contributed by atoms with E-state index in [1.807, 2.05) is 0 Å². The van der Waals surface area contributed by atoms with Gasteiger partial charge in [-0.3, -0.25) is 0 Å². The minimum Gasteiger partial charge on any atom is -0.377 e. The van der Waals surface area contributed by atoms with Gasteiger partial charge in [0.05, 0.1) is 6.61 Å². The molecule has 0 unspecified atom stereocenters. The first-order valence-electron chi connectivity index (χ1n) is 5.34. The van der Waals surface area contributed by atoms with Crippen molar-refractivity contribution in [3.8, 4) is 0 Å². The first-order valence-corrected chi connectivity index (χ1v) is 5.34. The summed E-state index contributed by atoms with van der Waals surface area (Å²) in [5.74, 6) is 0. The number of nitrogens with zero attached hydrogens (tertiary/aromatic N) is 1. The lowest BCUT2D eigenvalue weighted by atomic mass is 10.3. The Morgan fingerprint density at radius 2 is 2.00 bits per heavy atom. The second-order valence-electron chi connectivity index (χ2n) is 3.62. The van der Waals surface area contributed by atoms with Crippen molar-refractivity contribution < 1.29 is 4.74 Å². The first kappa shape index (κ1) is 10.7. The summed E-state index contributed by atoms with van der Waals surface area (Å²) < 4.78 is 5.31. The van der Waals surface area contributed by atoms with Gasteiger partial charge in [0, 0.05) is 6.61 Å². The third-order valence-corrected chi connectivity index (χ3v) is 2.45. The standard InChI is InChI=1S/C11H21NO/c1-2-10-13-11-6-5-9-12-7-3-4-8-12/h2H,1,3-11H2. The summed E-state index contributed by atoms with van der Waals surface area (Å²) in [5, 5.41) is 0. The van der Waals surface area contributed by atoms with E-state index in [9.17, 15) is 0 Å². The van der Waals surface area contributed by atoms with E-state index < -0.39 is 0 Å². The Balaban J connectivity index is 1.80. The molecule has 0 bridgehead atoms. The van der Waals surface area contributed by atoms with Crippen LogP contribution in [0.25, 0.3) is 0 Å². The molecule has 0 aromatic rings. The molecule has 76 valence electrons. The second kappa shape index (κ2) is 7.10. The van der Waals surface area contributed by atoms with Gasteiger partial charge in [-0.2, -0.15) is 0 Å². The Kier molecular flexibility index (Phi) is 5.87. The summed E-state index contributed by atoms with van der Waals surface area (Å²) in [5.41, 5.74) is 0. The molecule has 0 aliphatic carbocycles. The maximum atomic E-state index is 5.31. The van der Waals surface area contributed by atoms with Gasteiger partial charge in [-0.05, 0) is 45.3 Å². The summed E-state index contributed by atoms with van der Waals surface area (Å²) in [4.78, 5) is 2.55. The van der Waals surface area contributed by atoms with E-state index in [4.69, 9.17) is 4.74 Å². The van der Waals surface area contributed by atoms with E-state index in [1.54, 1.807) is 6.08 Å². The molecule has 13 heavy (non-hydrogen) atoms. The molecule has 0 spiro atoms. The fraction of sp³-hybridized carbons (Fsp3) is 0.818. The molecule has 2 heteroatoms. The van der Waals surface area contributed by atoms with Crippen molar-refractivity contribution in [2.45, 2.75) is 25.7 Å². The van der Waals surface area contributed by atoms with Gasteiger partial charge in [0.2, 0.25) is 0 Å². The smallest absolute Gasteiger partial charge is 0.0644 e. The number of rotatable bonds is 7. The predicted octanol–water partition coefficient (Wildman–Crippen LogP) is 2.06. The van der Waals surface area contributed by atoms with Crippen molar-refractivity contribution in [3.05, 3.63) is 12.7 Å². The zero-order valence-electron chi connectivity index (χ0n) is 8.50. The summed E-state index contributed by atoms with van der Waals surface area (Å²) in [6, 6.07) is 0. The third-order valence-electron chi connectivity index (χ3n) is 2.45. The highest BCUT2D eigenvalue weighted by atomic mass is 16.5. The molecule has 1 rings (SSSR count). The van der Waals surface area contributed by atoms with Crippen LogP contribution in [0.5, 0.6) is 0 Å². The minimum absolute atomic E-state index is 0.698. The Hall–Kier alpha value is -0.340.